The molecular formula is C16H24O4. The fraction of sp³-hybridized carbons (Fsp3) is 0.375. The Kier molecular flexibility index (Phi) is 9.89. The standard InChI is InChI=1S/C14H16O4.2CH4/c1-3-4-5-6-13(15)18-12-9-10(2)7-8-11(12)14(16)17;;/h4-5,7-9H,3,6H2,1-2H3,(H,16,17);2*1H4/b5-4-;;. The summed E-state index contributed by atoms with van der Waals surface area (Å²) >= 11 is 0. The molecule has 1 rings (SSSR count). The molecule has 0 atom stereocenters. The number of carbonyl (C=O) groups is 2. The van der Waals surface area contributed by atoms with Gasteiger partial charge in [-0.05, 0) is 31.0 Å². The Morgan fingerprint density at radius 2 is 1.90 bits per heavy atom. The summed E-state index contributed by atoms with van der Waals surface area (Å²) < 4.78 is 5.06. The molecule has 4 nitrogen and oxygen atoms in total. The lowest BCUT2D eigenvalue weighted by Crippen LogP contribution is -2.10. The Morgan fingerprint density at radius 1 is 1.25 bits per heavy atom. The largest absolute Gasteiger partial charge is 0.478 e. The van der Waals surface area contributed by atoms with Gasteiger partial charge in [0.15, 0.2) is 0 Å². The molecule has 1 N–H and O–H groups in total. The average molecular weight is 280 g/mol. The fourth-order valence-corrected chi connectivity index (χ4v) is 1.40. The molecule has 0 saturated heterocycles. The number of aryl methyl sites for hydroxylation is 1. The van der Waals surface area contributed by atoms with E-state index in [0.717, 1.165) is 12.0 Å². The number of carboxylic acids is 1. The summed E-state index contributed by atoms with van der Waals surface area (Å²) in [5.74, 6) is -1.48. The highest BCUT2D eigenvalue weighted by Crippen LogP contribution is 2.20. The van der Waals surface area contributed by atoms with Crippen molar-refractivity contribution in [2.24, 2.45) is 0 Å². The van der Waals surface area contributed by atoms with Crippen molar-refractivity contribution >= 4 is 11.9 Å². The van der Waals surface area contributed by atoms with Crippen LogP contribution >= 0.6 is 0 Å². The fourth-order valence-electron chi connectivity index (χ4n) is 1.40. The number of benzene rings is 1. The molecule has 0 amide bonds. The number of hydrogen-bond acceptors (Lipinski definition) is 3. The van der Waals surface area contributed by atoms with E-state index in [1.165, 1.54) is 6.07 Å². The molecule has 0 aliphatic heterocycles. The highest BCUT2D eigenvalue weighted by Gasteiger charge is 2.13. The second kappa shape index (κ2) is 9.78. The lowest BCUT2D eigenvalue weighted by molar-refractivity contribution is -0.133. The molecule has 0 radical (unpaired) electrons. The summed E-state index contributed by atoms with van der Waals surface area (Å²) in [4.78, 5) is 22.5. The Bertz CT molecular complexity index is 475. The predicted molar refractivity (Wildman–Crippen MR) is 81.3 cm³/mol. The first-order chi connectivity index (χ1) is 8.54. The summed E-state index contributed by atoms with van der Waals surface area (Å²) in [7, 11) is 0. The number of esters is 1. The van der Waals surface area contributed by atoms with Gasteiger partial charge in [0.05, 0.1) is 6.42 Å². The van der Waals surface area contributed by atoms with Crippen molar-refractivity contribution in [1.29, 1.82) is 0 Å². The molecule has 0 fully saturated rings. The second-order valence-electron chi connectivity index (χ2n) is 3.86. The van der Waals surface area contributed by atoms with Gasteiger partial charge in [-0.25, -0.2) is 4.79 Å². The van der Waals surface area contributed by atoms with E-state index >= 15 is 0 Å². The normalized spacial score (nSPS) is 9.50. The van der Waals surface area contributed by atoms with E-state index in [4.69, 9.17) is 9.84 Å². The van der Waals surface area contributed by atoms with E-state index in [-0.39, 0.29) is 32.6 Å². The first-order valence-electron chi connectivity index (χ1n) is 5.74. The quantitative estimate of drug-likeness (QED) is 0.498. The number of carboxylic acid groups (broad SMARTS) is 1. The molecule has 0 saturated carbocycles. The van der Waals surface area contributed by atoms with Gasteiger partial charge < -0.3 is 9.84 Å². The predicted octanol–water partition coefficient (Wildman–Crippen LogP) is 4.23. The lowest BCUT2D eigenvalue weighted by atomic mass is 10.1. The summed E-state index contributed by atoms with van der Waals surface area (Å²) in [6, 6.07) is 4.64. The number of aromatic carboxylic acids is 1. The monoisotopic (exact) mass is 280 g/mol. The molecule has 1 aromatic rings. The Balaban J connectivity index is 0. The molecule has 112 valence electrons. The maximum atomic E-state index is 11.5. The van der Waals surface area contributed by atoms with E-state index in [1.54, 1.807) is 25.1 Å². The Hall–Kier alpha value is -2.10. The minimum absolute atomic E-state index is 0. The third kappa shape index (κ3) is 6.18. The number of carbonyl (C=O) groups excluding carboxylic acids is 1. The minimum atomic E-state index is -1.11. The van der Waals surface area contributed by atoms with Crippen LogP contribution < -0.4 is 4.74 Å². The van der Waals surface area contributed by atoms with Gasteiger partial charge in [-0.15, -0.1) is 0 Å². The van der Waals surface area contributed by atoms with Gasteiger partial charge in [0.1, 0.15) is 11.3 Å². The summed E-state index contributed by atoms with van der Waals surface area (Å²) in [5, 5.41) is 8.98. The van der Waals surface area contributed by atoms with E-state index in [2.05, 4.69) is 0 Å². The van der Waals surface area contributed by atoms with Crippen molar-refractivity contribution in [2.45, 2.75) is 41.5 Å². The van der Waals surface area contributed by atoms with Crippen LogP contribution in [-0.4, -0.2) is 17.0 Å². The van der Waals surface area contributed by atoms with Crippen LogP contribution in [-0.2, 0) is 4.79 Å². The number of hydrogen-bond donors (Lipinski definition) is 1. The van der Waals surface area contributed by atoms with E-state index in [0.29, 0.717) is 0 Å². The smallest absolute Gasteiger partial charge is 0.339 e. The van der Waals surface area contributed by atoms with Crippen LogP contribution in [0.1, 0.15) is 50.5 Å². The zero-order valence-electron chi connectivity index (χ0n) is 10.5. The molecule has 0 spiro atoms. The van der Waals surface area contributed by atoms with Gasteiger partial charge in [0.2, 0.25) is 0 Å². The maximum Gasteiger partial charge on any atom is 0.339 e. The molecule has 0 aliphatic carbocycles. The Morgan fingerprint density at radius 3 is 2.45 bits per heavy atom. The molecular weight excluding hydrogens is 256 g/mol. The maximum absolute atomic E-state index is 11.5. The summed E-state index contributed by atoms with van der Waals surface area (Å²) in [6.07, 6.45) is 4.55. The first-order valence-corrected chi connectivity index (χ1v) is 5.74. The molecule has 1 aromatic carbocycles. The van der Waals surface area contributed by atoms with Gasteiger partial charge in [0.25, 0.3) is 0 Å². The minimum Gasteiger partial charge on any atom is -0.478 e. The van der Waals surface area contributed by atoms with Crippen molar-refractivity contribution in [3.05, 3.63) is 41.5 Å². The third-order valence-electron chi connectivity index (χ3n) is 2.28. The van der Waals surface area contributed by atoms with E-state index in [9.17, 15) is 9.59 Å². The molecule has 0 aliphatic rings. The van der Waals surface area contributed by atoms with Crippen LogP contribution in [0.2, 0.25) is 0 Å². The number of ether oxygens (including phenoxy) is 1. The summed E-state index contributed by atoms with van der Waals surface area (Å²) in [6.45, 7) is 3.77. The Labute approximate surface area is 121 Å². The zero-order chi connectivity index (χ0) is 13.5. The summed E-state index contributed by atoms with van der Waals surface area (Å²) in [5.41, 5.74) is 0.834. The van der Waals surface area contributed by atoms with Crippen LogP contribution in [0.5, 0.6) is 5.75 Å². The SMILES string of the molecule is C.C.CC/C=C\CC(=O)Oc1cc(C)ccc1C(=O)O. The molecule has 4 heteroatoms. The van der Waals surface area contributed by atoms with Crippen LogP contribution in [0.3, 0.4) is 0 Å². The van der Waals surface area contributed by atoms with Crippen LogP contribution in [0.4, 0.5) is 0 Å². The van der Waals surface area contributed by atoms with Gasteiger partial charge in [-0.2, -0.15) is 0 Å². The highest BCUT2D eigenvalue weighted by molar-refractivity contribution is 5.92. The zero-order valence-corrected chi connectivity index (χ0v) is 10.5. The topological polar surface area (TPSA) is 63.6 Å². The van der Waals surface area contributed by atoms with Crippen LogP contribution in [0.25, 0.3) is 0 Å². The molecule has 0 unspecified atom stereocenters. The van der Waals surface area contributed by atoms with Crippen molar-refractivity contribution in [2.75, 3.05) is 0 Å². The molecule has 20 heavy (non-hydrogen) atoms. The van der Waals surface area contributed by atoms with Crippen molar-refractivity contribution in [1.82, 2.24) is 0 Å². The number of allylic oxidation sites excluding steroid dienone is 1. The van der Waals surface area contributed by atoms with Gasteiger partial charge in [-0.1, -0.05) is 40.0 Å². The van der Waals surface area contributed by atoms with Crippen molar-refractivity contribution in [3.8, 4) is 5.75 Å². The molecule has 0 heterocycles. The third-order valence-corrected chi connectivity index (χ3v) is 2.28. The van der Waals surface area contributed by atoms with Crippen LogP contribution in [0.15, 0.2) is 30.4 Å². The van der Waals surface area contributed by atoms with Gasteiger partial charge >= 0.3 is 11.9 Å². The first kappa shape index (κ1) is 20.2. The van der Waals surface area contributed by atoms with Crippen LogP contribution in [0, 0.1) is 6.92 Å². The van der Waals surface area contributed by atoms with E-state index in [1.807, 2.05) is 13.0 Å². The molecule has 0 aromatic heterocycles. The molecule has 0 bridgehead atoms. The van der Waals surface area contributed by atoms with Gasteiger partial charge in [-0.3, -0.25) is 4.79 Å². The average Bonchev–Trinajstić information content (AvgIpc) is 2.29. The van der Waals surface area contributed by atoms with E-state index < -0.39 is 11.9 Å². The van der Waals surface area contributed by atoms with Crippen molar-refractivity contribution < 1.29 is 19.4 Å². The second-order valence-corrected chi connectivity index (χ2v) is 3.86. The lowest BCUT2D eigenvalue weighted by Gasteiger charge is -2.07. The van der Waals surface area contributed by atoms with Gasteiger partial charge in [0, 0.05) is 0 Å². The highest BCUT2D eigenvalue weighted by atomic mass is 16.5. The van der Waals surface area contributed by atoms with Crippen molar-refractivity contribution in [3.63, 3.8) is 0 Å². The number of rotatable bonds is 5.